The molecule has 216 valence electrons. The predicted octanol–water partition coefficient (Wildman–Crippen LogP) is 4.74. The number of halogens is 1. The third kappa shape index (κ3) is 6.13. The van der Waals surface area contributed by atoms with Gasteiger partial charge in [-0.2, -0.15) is 0 Å². The van der Waals surface area contributed by atoms with E-state index in [4.69, 9.17) is 16.7 Å². The van der Waals surface area contributed by atoms with Crippen LogP contribution in [0, 0.1) is 5.92 Å². The number of fused-ring (bicyclic) bond motifs is 1. The number of anilines is 2. The summed E-state index contributed by atoms with van der Waals surface area (Å²) in [5.74, 6) is -1.17. The van der Waals surface area contributed by atoms with Crippen LogP contribution in [0.2, 0.25) is 5.02 Å². The number of aliphatic hydroxyl groups excluding tert-OH is 1. The molecule has 0 radical (unpaired) electrons. The Labute approximate surface area is 249 Å². The lowest BCUT2D eigenvalue weighted by molar-refractivity contribution is -0.139. The van der Waals surface area contributed by atoms with E-state index in [1.165, 1.54) is 0 Å². The molecule has 1 aliphatic rings. The van der Waals surface area contributed by atoms with Gasteiger partial charge in [0.1, 0.15) is 0 Å². The fourth-order valence-electron chi connectivity index (χ4n) is 5.07. The highest BCUT2D eigenvalue weighted by molar-refractivity contribution is 6.31. The second-order valence-electron chi connectivity index (χ2n) is 10.3. The highest BCUT2D eigenvalue weighted by atomic mass is 35.5. The average molecular weight is 586 g/mol. The van der Waals surface area contributed by atoms with E-state index in [0.717, 1.165) is 11.3 Å². The number of rotatable bonds is 11. The Morgan fingerprint density at radius 3 is 2.62 bits per heavy atom. The second kappa shape index (κ2) is 12.7. The van der Waals surface area contributed by atoms with Crippen LogP contribution in [0.4, 0.5) is 11.4 Å². The van der Waals surface area contributed by atoms with Crippen molar-refractivity contribution < 1.29 is 19.8 Å². The van der Waals surface area contributed by atoms with Crippen molar-refractivity contribution in [3.63, 3.8) is 0 Å². The van der Waals surface area contributed by atoms with Crippen LogP contribution in [0.1, 0.15) is 40.5 Å². The minimum Gasteiger partial charge on any atom is -0.396 e. The van der Waals surface area contributed by atoms with Crippen molar-refractivity contribution in [3.8, 4) is 0 Å². The molecule has 3 N–H and O–H groups in total. The van der Waals surface area contributed by atoms with Crippen molar-refractivity contribution in [1.82, 2.24) is 15.0 Å². The fraction of sp³-hybridized carbons (Fsp3) is 0.250. The van der Waals surface area contributed by atoms with Crippen LogP contribution >= 0.6 is 11.6 Å². The summed E-state index contributed by atoms with van der Waals surface area (Å²) in [6.45, 7) is 2.64. The van der Waals surface area contributed by atoms with Crippen LogP contribution in [0.15, 0.2) is 91.1 Å². The first-order valence-electron chi connectivity index (χ1n) is 13.8. The maximum Gasteiger partial charge on any atom is 0.264 e. The minimum atomic E-state index is -1.79. The lowest BCUT2D eigenvalue weighted by atomic mass is 9.83. The molecule has 0 fully saturated rings. The number of aromatic nitrogens is 3. The van der Waals surface area contributed by atoms with Crippen molar-refractivity contribution in [3.05, 3.63) is 119 Å². The number of hydrogen-bond donors (Lipinski definition) is 3. The summed E-state index contributed by atoms with van der Waals surface area (Å²) in [7, 11) is 0. The second-order valence-corrected chi connectivity index (χ2v) is 10.7. The molecule has 5 rings (SSSR count). The Balaban J connectivity index is 1.28. The smallest absolute Gasteiger partial charge is 0.264 e. The third-order valence-corrected chi connectivity index (χ3v) is 7.62. The number of carbonyl (C=O) groups excluding carboxylic acids is 2. The molecule has 4 aromatic rings. The average Bonchev–Trinajstić information content (AvgIpc) is 3.53. The molecule has 0 saturated heterocycles. The molecular formula is C32H32ClN5O4. The first kappa shape index (κ1) is 29.2. The lowest BCUT2D eigenvalue weighted by Crippen LogP contribution is -2.44. The van der Waals surface area contributed by atoms with Gasteiger partial charge in [0.2, 0.25) is 0 Å². The summed E-state index contributed by atoms with van der Waals surface area (Å²) < 4.78 is 1.70. The van der Waals surface area contributed by atoms with E-state index < -0.39 is 17.4 Å². The Bertz CT molecular complexity index is 1590. The SMILES string of the molecule is C[C@@H](/C=C/CCn1cc(CCO)nn1)[C@]1(O)C(=O)N(Cc2ccc(NC(=O)c3ccccc3)cc2)c2ccc(Cl)cc21. The van der Waals surface area contributed by atoms with E-state index in [1.54, 1.807) is 58.2 Å². The van der Waals surface area contributed by atoms with Gasteiger partial charge in [-0.1, -0.05) is 66.2 Å². The number of aliphatic hydroxyl groups is 2. The summed E-state index contributed by atoms with van der Waals surface area (Å²) in [6.07, 6.45) is 6.62. The quantitative estimate of drug-likeness (QED) is 0.219. The molecule has 9 nitrogen and oxygen atoms in total. The number of nitrogens with zero attached hydrogens (tertiary/aromatic N) is 4. The van der Waals surface area contributed by atoms with Gasteiger partial charge in [0.25, 0.3) is 11.8 Å². The van der Waals surface area contributed by atoms with Gasteiger partial charge >= 0.3 is 0 Å². The first-order chi connectivity index (χ1) is 20.3. The number of aryl methyl sites for hydroxylation is 1. The summed E-state index contributed by atoms with van der Waals surface area (Å²) in [6, 6.07) is 21.4. The van der Waals surface area contributed by atoms with Gasteiger partial charge in [-0.15, -0.1) is 5.10 Å². The number of hydrogen-bond acceptors (Lipinski definition) is 6. The molecule has 1 aliphatic heterocycles. The molecule has 10 heteroatoms. The van der Waals surface area contributed by atoms with E-state index >= 15 is 0 Å². The van der Waals surface area contributed by atoms with Gasteiger partial charge in [0, 0.05) is 53.5 Å². The number of benzene rings is 3. The molecule has 0 saturated carbocycles. The van der Waals surface area contributed by atoms with Gasteiger partial charge < -0.3 is 20.4 Å². The van der Waals surface area contributed by atoms with Gasteiger partial charge in [-0.3, -0.25) is 14.3 Å². The first-order valence-corrected chi connectivity index (χ1v) is 14.1. The predicted molar refractivity (Wildman–Crippen MR) is 161 cm³/mol. The summed E-state index contributed by atoms with van der Waals surface area (Å²) in [5.41, 5.74) is 2.04. The Kier molecular flexibility index (Phi) is 8.82. The van der Waals surface area contributed by atoms with Crippen LogP contribution < -0.4 is 10.2 Å². The zero-order chi connectivity index (χ0) is 29.7. The maximum absolute atomic E-state index is 13.8. The fourth-order valence-corrected chi connectivity index (χ4v) is 5.24. The number of allylic oxidation sites excluding steroid dienone is 1. The van der Waals surface area contributed by atoms with E-state index in [0.29, 0.717) is 46.9 Å². The molecule has 0 bridgehead atoms. The lowest BCUT2D eigenvalue weighted by Gasteiger charge is -2.27. The van der Waals surface area contributed by atoms with Gasteiger partial charge in [0.15, 0.2) is 5.60 Å². The van der Waals surface area contributed by atoms with Gasteiger partial charge in [-0.05, 0) is 54.4 Å². The van der Waals surface area contributed by atoms with Crippen LogP contribution in [0.3, 0.4) is 0 Å². The third-order valence-electron chi connectivity index (χ3n) is 7.38. The highest BCUT2D eigenvalue weighted by Crippen LogP contribution is 2.46. The molecule has 0 aliphatic carbocycles. The number of carbonyl (C=O) groups is 2. The van der Waals surface area contributed by atoms with E-state index in [1.807, 2.05) is 49.4 Å². The molecule has 0 spiro atoms. The van der Waals surface area contributed by atoms with Crippen LogP contribution in [0.5, 0.6) is 0 Å². The normalized spacial score (nSPS) is 17.0. The Hall–Kier alpha value is -4.31. The van der Waals surface area contributed by atoms with Crippen LogP contribution in [0.25, 0.3) is 0 Å². The van der Waals surface area contributed by atoms with Gasteiger partial charge in [0.05, 0.1) is 17.9 Å². The van der Waals surface area contributed by atoms with Gasteiger partial charge in [-0.25, -0.2) is 0 Å². The molecule has 3 aromatic carbocycles. The van der Waals surface area contributed by atoms with Crippen LogP contribution in [-0.2, 0) is 29.9 Å². The molecular weight excluding hydrogens is 554 g/mol. The van der Waals surface area contributed by atoms with E-state index in [2.05, 4.69) is 15.6 Å². The van der Waals surface area contributed by atoms with E-state index in [9.17, 15) is 14.7 Å². The van der Waals surface area contributed by atoms with Crippen molar-refractivity contribution >= 4 is 34.8 Å². The highest BCUT2D eigenvalue weighted by Gasteiger charge is 2.52. The molecule has 2 heterocycles. The minimum absolute atomic E-state index is 0.0174. The monoisotopic (exact) mass is 585 g/mol. The largest absolute Gasteiger partial charge is 0.396 e. The summed E-state index contributed by atoms with van der Waals surface area (Å²) in [5, 5.41) is 32.3. The molecule has 1 aromatic heterocycles. The molecule has 42 heavy (non-hydrogen) atoms. The van der Waals surface area contributed by atoms with Crippen molar-refractivity contribution in [2.24, 2.45) is 5.92 Å². The van der Waals surface area contributed by atoms with Crippen molar-refractivity contribution in [2.75, 3.05) is 16.8 Å². The summed E-state index contributed by atoms with van der Waals surface area (Å²) >= 11 is 6.31. The standard InChI is InChI=1S/C32H32ClN5O4/c1-22(7-5-6-17-37-21-27(16-18-39)35-36-37)32(42)28-19-25(33)12-15-29(28)38(31(32)41)20-23-10-13-26(14-11-23)34-30(40)24-8-3-2-4-9-24/h2-5,7-15,19,21-22,39,42H,6,16-18,20H2,1H3,(H,34,40)/b7-5+/t22-,32+/m0/s1. The van der Waals surface area contributed by atoms with Crippen molar-refractivity contribution in [1.29, 1.82) is 0 Å². The van der Waals surface area contributed by atoms with Crippen molar-refractivity contribution in [2.45, 2.75) is 38.5 Å². The zero-order valence-electron chi connectivity index (χ0n) is 23.2. The maximum atomic E-state index is 13.8. The Morgan fingerprint density at radius 1 is 1.12 bits per heavy atom. The molecule has 2 amide bonds. The Morgan fingerprint density at radius 2 is 1.88 bits per heavy atom. The summed E-state index contributed by atoms with van der Waals surface area (Å²) in [4.78, 5) is 27.9. The zero-order valence-corrected chi connectivity index (χ0v) is 23.9. The molecule has 0 unspecified atom stereocenters. The van der Waals surface area contributed by atoms with E-state index in [-0.39, 0.29) is 19.1 Å². The number of amides is 2. The number of nitrogens with one attached hydrogen (secondary N) is 1. The topological polar surface area (TPSA) is 121 Å². The van der Waals surface area contributed by atoms with Crippen LogP contribution in [-0.4, -0.2) is 43.6 Å². The molecule has 2 atom stereocenters.